The molecule has 1 unspecified atom stereocenters. The Morgan fingerprint density at radius 3 is 2.57 bits per heavy atom. The Morgan fingerprint density at radius 1 is 1.50 bits per heavy atom. The fraction of sp³-hybridized carbons (Fsp3) is 0.556. The number of rotatable bonds is 4. The van der Waals surface area contributed by atoms with Gasteiger partial charge in [0.2, 0.25) is 5.95 Å². The van der Waals surface area contributed by atoms with E-state index in [1.54, 1.807) is 19.3 Å². The second-order valence-corrected chi connectivity index (χ2v) is 4.51. The quantitative estimate of drug-likeness (QED) is 0.852. The van der Waals surface area contributed by atoms with E-state index in [0.717, 1.165) is 16.5 Å². The summed E-state index contributed by atoms with van der Waals surface area (Å²) in [5.41, 5.74) is 0. The van der Waals surface area contributed by atoms with E-state index in [-0.39, 0.29) is 6.10 Å². The van der Waals surface area contributed by atoms with Crippen LogP contribution in [0.3, 0.4) is 0 Å². The fourth-order valence-corrected chi connectivity index (χ4v) is 1.26. The summed E-state index contributed by atoms with van der Waals surface area (Å²) in [7, 11) is 1.92. The third-order valence-electron chi connectivity index (χ3n) is 1.83. The van der Waals surface area contributed by atoms with Crippen molar-refractivity contribution in [3.63, 3.8) is 0 Å². The summed E-state index contributed by atoms with van der Waals surface area (Å²) >= 11 is 2.17. The number of hydrogen-bond acceptors (Lipinski definition) is 4. The first-order valence-electron chi connectivity index (χ1n) is 4.46. The molecule has 0 bridgehead atoms. The van der Waals surface area contributed by atoms with Gasteiger partial charge in [-0.15, -0.1) is 0 Å². The number of halogens is 1. The molecule has 0 aromatic carbocycles. The Morgan fingerprint density at radius 2 is 2.07 bits per heavy atom. The zero-order valence-corrected chi connectivity index (χ0v) is 10.5. The van der Waals surface area contributed by atoms with Crippen LogP contribution in [0.1, 0.15) is 13.3 Å². The number of hydrogen-bond donors (Lipinski definition) is 1. The molecule has 5 heteroatoms. The van der Waals surface area contributed by atoms with Gasteiger partial charge in [0, 0.05) is 29.6 Å². The Hall–Kier alpha value is -0.430. The predicted molar refractivity (Wildman–Crippen MR) is 64.3 cm³/mol. The molecule has 0 aliphatic heterocycles. The molecule has 1 heterocycles. The Bertz CT molecular complexity index is 276. The van der Waals surface area contributed by atoms with Crippen molar-refractivity contribution in [3.05, 3.63) is 16.0 Å². The fourth-order valence-electron chi connectivity index (χ4n) is 0.983. The van der Waals surface area contributed by atoms with Crippen LogP contribution >= 0.6 is 22.6 Å². The number of aliphatic hydroxyl groups is 1. The summed E-state index contributed by atoms with van der Waals surface area (Å²) < 4.78 is 1.02. The smallest absolute Gasteiger partial charge is 0.225 e. The third-order valence-corrected chi connectivity index (χ3v) is 2.39. The van der Waals surface area contributed by atoms with Gasteiger partial charge in [0.25, 0.3) is 0 Å². The van der Waals surface area contributed by atoms with Gasteiger partial charge in [-0.3, -0.25) is 0 Å². The molecular weight excluding hydrogens is 293 g/mol. The molecule has 1 N–H and O–H groups in total. The molecule has 0 spiro atoms. The van der Waals surface area contributed by atoms with E-state index in [1.165, 1.54) is 0 Å². The number of nitrogens with zero attached hydrogens (tertiary/aromatic N) is 3. The van der Waals surface area contributed by atoms with Crippen molar-refractivity contribution in [2.24, 2.45) is 0 Å². The van der Waals surface area contributed by atoms with Crippen LogP contribution in [0.15, 0.2) is 12.4 Å². The van der Waals surface area contributed by atoms with Gasteiger partial charge in [0.15, 0.2) is 0 Å². The van der Waals surface area contributed by atoms with E-state index in [1.807, 2.05) is 11.9 Å². The first-order valence-corrected chi connectivity index (χ1v) is 5.54. The summed E-state index contributed by atoms with van der Waals surface area (Å²) in [6.45, 7) is 2.54. The molecule has 1 aromatic heterocycles. The van der Waals surface area contributed by atoms with E-state index in [9.17, 15) is 0 Å². The van der Waals surface area contributed by atoms with Crippen LogP contribution < -0.4 is 4.90 Å². The lowest BCUT2D eigenvalue weighted by Crippen LogP contribution is -2.23. The summed E-state index contributed by atoms with van der Waals surface area (Å²) in [6, 6.07) is 0. The maximum absolute atomic E-state index is 9.12. The molecule has 0 amide bonds. The molecule has 0 saturated heterocycles. The third kappa shape index (κ3) is 3.75. The average molecular weight is 307 g/mol. The molecule has 78 valence electrons. The topological polar surface area (TPSA) is 49.2 Å². The molecule has 0 fully saturated rings. The maximum Gasteiger partial charge on any atom is 0.225 e. The lowest BCUT2D eigenvalue weighted by Gasteiger charge is -2.17. The summed E-state index contributed by atoms with van der Waals surface area (Å²) in [5.74, 6) is 0.700. The summed E-state index contributed by atoms with van der Waals surface area (Å²) in [4.78, 5) is 10.3. The van der Waals surface area contributed by atoms with Crippen LogP contribution in [0.2, 0.25) is 0 Å². The van der Waals surface area contributed by atoms with Crippen LogP contribution in [-0.4, -0.2) is 34.8 Å². The highest BCUT2D eigenvalue weighted by Crippen LogP contribution is 2.07. The Labute approximate surface area is 97.5 Å². The second kappa shape index (κ2) is 5.45. The van der Waals surface area contributed by atoms with Gasteiger partial charge in [-0.1, -0.05) is 0 Å². The normalized spacial score (nSPS) is 12.6. The van der Waals surface area contributed by atoms with Crippen LogP contribution in [0.5, 0.6) is 0 Å². The van der Waals surface area contributed by atoms with Gasteiger partial charge in [-0.2, -0.15) is 0 Å². The first-order chi connectivity index (χ1) is 6.59. The van der Waals surface area contributed by atoms with Crippen molar-refractivity contribution in [2.45, 2.75) is 19.4 Å². The van der Waals surface area contributed by atoms with Gasteiger partial charge in [-0.25, -0.2) is 9.97 Å². The largest absolute Gasteiger partial charge is 0.393 e. The monoisotopic (exact) mass is 307 g/mol. The number of aliphatic hydroxyl groups excluding tert-OH is 1. The van der Waals surface area contributed by atoms with E-state index in [0.29, 0.717) is 5.95 Å². The zero-order valence-electron chi connectivity index (χ0n) is 8.31. The van der Waals surface area contributed by atoms with Crippen LogP contribution in [0.4, 0.5) is 5.95 Å². The van der Waals surface area contributed by atoms with Crippen LogP contribution in [0.25, 0.3) is 0 Å². The molecule has 0 saturated carbocycles. The van der Waals surface area contributed by atoms with Crippen molar-refractivity contribution < 1.29 is 5.11 Å². The van der Waals surface area contributed by atoms with Gasteiger partial charge < -0.3 is 10.0 Å². The van der Waals surface area contributed by atoms with Gasteiger partial charge >= 0.3 is 0 Å². The lowest BCUT2D eigenvalue weighted by molar-refractivity contribution is 0.186. The van der Waals surface area contributed by atoms with E-state index >= 15 is 0 Å². The molecule has 0 aliphatic rings. The Kier molecular flexibility index (Phi) is 4.53. The second-order valence-electron chi connectivity index (χ2n) is 3.26. The van der Waals surface area contributed by atoms with Crippen molar-refractivity contribution >= 4 is 28.5 Å². The SMILES string of the molecule is CC(O)CCN(C)c1ncc(I)cn1. The minimum absolute atomic E-state index is 0.277. The Balaban J connectivity index is 2.52. The predicted octanol–water partition coefficient (Wildman–Crippen LogP) is 1.29. The number of anilines is 1. The molecule has 4 nitrogen and oxygen atoms in total. The van der Waals surface area contributed by atoms with Gasteiger partial charge in [-0.05, 0) is 35.9 Å². The van der Waals surface area contributed by atoms with E-state index in [4.69, 9.17) is 5.11 Å². The standard InChI is InChI=1S/C9H14IN3O/c1-7(14)3-4-13(2)9-11-5-8(10)6-12-9/h5-7,14H,3-4H2,1-2H3. The van der Waals surface area contributed by atoms with Crippen molar-refractivity contribution in [3.8, 4) is 0 Å². The zero-order chi connectivity index (χ0) is 10.6. The summed E-state index contributed by atoms with van der Waals surface area (Å²) in [5, 5.41) is 9.12. The molecule has 0 aliphatic carbocycles. The lowest BCUT2D eigenvalue weighted by atomic mass is 10.3. The van der Waals surface area contributed by atoms with Crippen molar-refractivity contribution in [1.82, 2.24) is 9.97 Å². The van der Waals surface area contributed by atoms with Crippen LogP contribution in [-0.2, 0) is 0 Å². The highest BCUT2D eigenvalue weighted by atomic mass is 127. The maximum atomic E-state index is 9.12. The van der Waals surface area contributed by atoms with Crippen molar-refractivity contribution in [2.75, 3.05) is 18.5 Å². The molecule has 1 rings (SSSR count). The van der Waals surface area contributed by atoms with E-state index < -0.39 is 0 Å². The van der Waals surface area contributed by atoms with Gasteiger partial charge in [0.1, 0.15) is 0 Å². The molecule has 14 heavy (non-hydrogen) atoms. The molecular formula is C9H14IN3O. The highest BCUT2D eigenvalue weighted by molar-refractivity contribution is 14.1. The first kappa shape index (κ1) is 11.6. The average Bonchev–Trinajstić information content (AvgIpc) is 2.15. The number of aromatic nitrogens is 2. The minimum Gasteiger partial charge on any atom is -0.393 e. The molecule has 0 radical (unpaired) electrons. The highest BCUT2D eigenvalue weighted by Gasteiger charge is 2.04. The molecule has 1 aromatic rings. The van der Waals surface area contributed by atoms with Crippen molar-refractivity contribution in [1.29, 1.82) is 0 Å². The van der Waals surface area contributed by atoms with Crippen LogP contribution in [0, 0.1) is 3.57 Å². The molecule has 1 atom stereocenters. The van der Waals surface area contributed by atoms with Gasteiger partial charge in [0.05, 0.1) is 6.10 Å². The summed E-state index contributed by atoms with van der Waals surface area (Å²) in [6.07, 6.45) is 4.01. The minimum atomic E-state index is -0.277. The van der Waals surface area contributed by atoms with E-state index in [2.05, 4.69) is 32.6 Å².